The second-order valence-corrected chi connectivity index (χ2v) is 6.31. The quantitative estimate of drug-likeness (QED) is 0.688. The Morgan fingerprint density at radius 3 is 2.56 bits per heavy atom. The van der Waals surface area contributed by atoms with Crippen LogP contribution in [-0.2, 0) is 9.59 Å². The topological polar surface area (TPSA) is 69.6 Å². The van der Waals surface area contributed by atoms with Crippen molar-refractivity contribution in [2.45, 2.75) is 0 Å². The van der Waals surface area contributed by atoms with Gasteiger partial charge < -0.3 is 10.4 Å². The number of fused-ring (bicyclic) bond motifs is 1. The molecule has 1 aliphatic rings. The lowest BCUT2D eigenvalue weighted by molar-refractivity contribution is -0.137. The van der Waals surface area contributed by atoms with E-state index >= 15 is 0 Å². The highest BCUT2D eigenvalue weighted by atomic mass is 16.3. The summed E-state index contributed by atoms with van der Waals surface area (Å²) in [4.78, 5) is 25.2. The van der Waals surface area contributed by atoms with Crippen LogP contribution in [0.25, 0.3) is 21.9 Å². The summed E-state index contributed by atoms with van der Waals surface area (Å²) < 4.78 is 0. The number of benzene rings is 3. The van der Waals surface area contributed by atoms with E-state index in [2.05, 4.69) is 29.6 Å². The van der Waals surface area contributed by atoms with Gasteiger partial charge in [-0.25, -0.2) is 0 Å². The van der Waals surface area contributed by atoms with Gasteiger partial charge in [0.1, 0.15) is 5.70 Å². The molecule has 4 rings (SSSR count). The molecule has 5 nitrogen and oxygen atoms in total. The SMILES string of the molecule is O=C1C=C(Nc2cccc(-c3cccc4ccccc34)c2)C(=O)N1CCO. The fourth-order valence-electron chi connectivity index (χ4n) is 3.31. The highest BCUT2D eigenvalue weighted by molar-refractivity contribution is 6.17. The summed E-state index contributed by atoms with van der Waals surface area (Å²) in [7, 11) is 0. The van der Waals surface area contributed by atoms with E-state index in [1.54, 1.807) is 0 Å². The smallest absolute Gasteiger partial charge is 0.277 e. The van der Waals surface area contributed by atoms with Crippen LogP contribution in [0.4, 0.5) is 5.69 Å². The molecule has 0 spiro atoms. The summed E-state index contributed by atoms with van der Waals surface area (Å²) in [6.45, 7) is -0.259. The van der Waals surface area contributed by atoms with Crippen molar-refractivity contribution in [2.24, 2.45) is 0 Å². The van der Waals surface area contributed by atoms with Gasteiger partial charge in [-0.1, -0.05) is 54.6 Å². The number of hydrogen-bond acceptors (Lipinski definition) is 4. The summed E-state index contributed by atoms with van der Waals surface area (Å²) in [5, 5.41) is 14.3. The molecule has 5 heteroatoms. The molecule has 2 N–H and O–H groups in total. The van der Waals surface area contributed by atoms with Crippen LogP contribution in [0.3, 0.4) is 0 Å². The first-order valence-electron chi connectivity index (χ1n) is 8.71. The molecule has 0 radical (unpaired) electrons. The molecule has 134 valence electrons. The highest BCUT2D eigenvalue weighted by Gasteiger charge is 2.30. The minimum atomic E-state index is -0.426. The van der Waals surface area contributed by atoms with Crippen molar-refractivity contribution < 1.29 is 14.7 Å². The number of anilines is 1. The summed E-state index contributed by atoms with van der Waals surface area (Å²) in [5.74, 6) is -0.841. The standard InChI is InChI=1S/C22H18N2O3/c25-12-11-24-21(26)14-20(22(24)27)23-17-8-3-7-16(13-17)19-10-4-6-15-5-1-2-9-18(15)19/h1-10,13-14,23,25H,11-12H2. The van der Waals surface area contributed by atoms with E-state index in [4.69, 9.17) is 5.11 Å². The number of carbonyl (C=O) groups excluding carboxylic acids is 2. The minimum Gasteiger partial charge on any atom is -0.395 e. The number of aliphatic hydroxyl groups is 1. The number of hydrogen-bond donors (Lipinski definition) is 2. The van der Waals surface area contributed by atoms with Gasteiger partial charge in [0.2, 0.25) is 0 Å². The molecule has 0 bridgehead atoms. The lowest BCUT2D eigenvalue weighted by Crippen LogP contribution is -2.34. The van der Waals surface area contributed by atoms with Gasteiger partial charge in [0.25, 0.3) is 11.8 Å². The van der Waals surface area contributed by atoms with Crippen LogP contribution in [0.1, 0.15) is 0 Å². The third-order valence-electron chi connectivity index (χ3n) is 4.58. The zero-order chi connectivity index (χ0) is 18.8. The third-order valence-corrected chi connectivity index (χ3v) is 4.58. The average Bonchev–Trinajstić information content (AvgIpc) is 2.95. The van der Waals surface area contributed by atoms with Crippen molar-refractivity contribution in [1.82, 2.24) is 4.90 Å². The van der Waals surface area contributed by atoms with Crippen LogP contribution in [0.2, 0.25) is 0 Å². The lowest BCUT2D eigenvalue weighted by Gasteiger charge is -2.14. The molecule has 0 unspecified atom stereocenters. The first kappa shape index (κ1) is 17.0. The van der Waals surface area contributed by atoms with Crippen molar-refractivity contribution in [1.29, 1.82) is 0 Å². The molecule has 0 atom stereocenters. The second-order valence-electron chi connectivity index (χ2n) is 6.31. The molecular weight excluding hydrogens is 340 g/mol. The van der Waals surface area contributed by atoms with Crippen molar-refractivity contribution in [3.8, 4) is 11.1 Å². The van der Waals surface area contributed by atoms with Gasteiger partial charge in [-0.2, -0.15) is 0 Å². The number of nitrogens with zero attached hydrogens (tertiary/aromatic N) is 1. The van der Waals surface area contributed by atoms with Crippen LogP contribution in [0, 0.1) is 0 Å². The first-order valence-corrected chi connectivity index (χ1v) is 8.71. The third kappa shape index (κ3) is 3.20. The molecule has 3 aromatic carbocycles. The van der Waals surface area contributed by atoms with Gasteiger partial charge in [-0.15, -0.1) is 0 Å². The Morgan fingerprint density at radius 2 is 1.70 bits per heavy atom. The van der Waals surface area contributed by atoms with Gasteiger partial charge in [0.05, 0.1) is 13.2 Å². The maximum Gasteiger partial charge on any atom is 0.277 e. The Morgan fingerprint density at radius 1 is 0.926 bits per heavy atom. The molecule has 27 heavy (non-hydrogen) atoms. The minimum absolute atomic E-state index is 0.00457. The highest BCUT2D eigenvalue weighted by Crippen LogP contribution is 2.30. The molecule has 1 heterocycles. The predicted octanol–water partition coefficient (Wildman–Crippen LogP) is 3.16. The molecule has 0 aromatic heterocycles. The first-order chi connectivity index (χ1) is 13.2. The summed E-state index contributed by atoms with van der Waals surface area (Å²) in [5.41, 5.74) is 3.05. The second kappa shape index (κ2) is 7.05. The Hall–Kier alpha value is -3.44. The monoisotopic (exact) mass is 358 g/mol. The van der Waals surface area contributed by atoms with Gasteiger partial charge in [-0.05, 0) is 34.0 Å². The van der Waals surface area contributed by atoms with Crippen LogP contribution < -0.4 is 5.32 Å². The van der Waals surface area contributed by atoms with Crippen LogP contribution >= 0.6 is 0 Å². The Bertz CT molecular complexity index is 1070. The van der Waals surface area contributed by atoms with E-state index < -0.39 is 11.8 Å². The summed E-state index contributed by atoms with van der Waals surface area (Å²) in [6, 6.07) is 22.1. The Kier molecular flexibility index (Phi) is 4.44. The van der Waals surface area contributed by atoms with Crippen molar-refractivity contribution in [3.63, 3.8) is 0 Å². The van der Waals surface area contributed by atoms with E-state index in [0.717, 1.165) is 32.5 Å². The van der Waals surface area contributed by atoms with Crippen LogP contribution in [0.15, 0.2) is 78.5 Å². The number of aliphatic hydroxyl groups excluding tert-OH is 1. The molecule has 0 aliphatic carbocycles. The van der Waals surface area contributed by atoms with Crippen molar-refractivity contribution >= 4 is 28.3 Å². The number of nitrogens with one attached hydrogen (secondary N) is 1. The lowest BCUT2D eigenvalue weighted by atomic mass is 9.98. The van der Waals surface area contributed by atoms with Crippen molar-refractivity contribution in [2.75, 3.05) is 18.5 Å². The molecule has 3 aromatic rings. The van der Waals surface area contributed by atoms with Gasteiger partial charge >= 0.3 is 0 Å². The largest absolute Gasteiger partial charge is 0.395 e. The number of imide groups is 1. The maximum atomic E-state index is 12.3. The summed E-state index contributed by atoms with van der Waals surface area (Å²) in [6.07, 6.45) is 1.27. The number of β-amino-alcohol motifs (C(OH)–C–C–N with tert-alkyl or cyclic N) is 1. The normalized spacial score (nSPS) is 14.0. The molecule has 0 fully saturated rings. The molecule has 2 amide bonds. The van der Waals surface area contributed by atoms with E-state index in [1.165, 1.54) is 6.08 Å². The van der Waals surface area contributed by atoms with E-state index in [9.17, 15) is 9.59 Å². The zero-order valence-corrected chi connectivity index (χ0v) is 14.6. The fraction of sp³-hybridized carbons (Fsp3) is 0.0909. The van der Waals surface area contributed by atoms with Crippen molar-refractivity contribution in [3.05, 3.63) is 78.5 Å². The number of amides is 2. The number of carbonyl (C=O) groups is 2. The zero-order valence-electron chi connectivity index (χ0n) is 14.6. The van der Waals surface area contributed by atoms with E-state index in [1.807, 2.05) is 42.5 Å². The van der Waals surface area contributed by atoms with E-state index in [0.29, 0.717) is 0 Å². The Labute approximate surface area is 156 Å². The predicted molar refractivity (Wildman–Crippen MR) is 105 cm³/mol. The van der Waals surface area contributed by atoms with Gasteiger partial charge in [-0.3, -0.25) is 14.5 Å². The van der Waals surface area contributed by atoms with Crippen LogP contribution in [-0.4, -0.2) is 35.0 Å². The molecule has 0 saturated carbocycles. The number of rotatable bonds is 5. The van der Waals surface area contributed by atoms with Crippen LogP contribution in [0.5, 0.6) is 0 Å². The van der Waals surface area contributed by atoms with Gasteiger partial charge in [0, 0.05) is 11.8 Å². The molecule has 1 aliphatic heterocycles. The molecule has 0 saturated heterocycles. The van der Waals surface area contributed by atoms with Gasteiger partial charge in [0.15, 0.2) is 0 Å². The molecular formula is C22H18N2O3. The fourth-order valence-corrected chi connectivity index (χ4v) is 3.31. The maximum absolute atomic E-state index is 12.3. The Balaban J connectivity index is 1.65. The summed E-state index contributed by atoms with van der Waals surface area (Å²) >= 11 is 0. The average molecular weight is 358 g/mol. The van der Waals surface area contributed by atoms with E-state index in [-0.39, 0.29) is 18.8 Å².